The molecule has 1 aliphatic heterocycles. The first-order valence-corrected chi connectivity index (χ1v) is 5.93. The Morgan fingerprint density at radius 1 is 1.28 bits per heavy atom. The molecule has 0 aliphatic carbocycles. The van der Waals surface area contributed by atoms with Crippen LogP contribution in [0, 0.1) is 11.8 Å². The summed E-state index contributed by atoms with van der Waals surface area (Å²) in [5.74, 6) is -0.690. The third-order valence-electron chi connectivity index (χ3n) is 3.25. The maximum absolute atomic E-state index is 12.0. The number of benzene rings is 1. The van der Waals surface area contributed by atoms with Gasteiger partial charge in [0.15, 0.2) is 0 Å². The molecular weight excluding hydrogens is 232 g/mol. The summed E-state index contributed by atoms with van der Waals surface area (Å²) in [7, 11) is 0. The van der Waals surface area contributed by atoms with Crippen molar-refractivity contribution in [3.05, 3.63) is 29.8 Å². The third-order valence-corrected chi connectivity index (χ3v) is 3.25. The van der Waals surface area contributed by atoms with Crippen molar-refractivity contribution in [3.63, 3.8) is 0 Å². The van der Waals surface area contributed by atoms with Crippen LogP contribution in [0.25, 0.3) is 0 Å². The van der Waals surface area contributed by atoms with Gasteiger partial charge in [0.1, 0.15) is 0 Å². The van der Waals surface area contributed by atoms with Gasteiger partial charge in [-0.3, -0.25) is 4.79 Å². The van der Waals surface area contributed by atoms with Crippen LogP contribution in [-0.2, 0) is 4.79 Å². The fourth-order valence-corrected chi connectivity index (χ4v) is 2.09. The van der Waals surface area contributed by atoms with Gasteiger partial charge in [-0.25, -0.2) is 4.79 Å². The molecule has 0 unspecified atom stereocenters. The second kappa shape index (κ2) is 5.18. The maximum Gasteiger partial charge on any atom is 0.335 e. The van der Waals surface area contributed by atoms with Gasteiger partial charge in [0.25, 0.3) is 0 Å². The zero-order valence-corrected chi connectivity index (χ0v) is 10.1. The number of aromatic carboxylic acids is 1. The summed E-state index contributed by atoms with van der Waals surface area (Å²) in [6.45, 7) is 3.59. The molecule has 5 nitrogen and oxygen atoms in total. The maximum atomic E-state index is 12.0. The van der Waals surface area contributed by atoms with Crippen molar-refractivity contribution in [1.82, 2.24) is 5.32 Å². The van der Waals surface area contributed by atoms with Crippen molar-refractivity contribution >= 4 is 17.6 Å². The van der Waals surface area contributed by atoms with Gasteiger partial charge in [-0.2, -0.15) is 0 Å². The van der Waals surface area contributed by atoms with Gasteiger partial charge in [-0.15, -0.1) is 0 Å². The smallest absolute Gasteiger partial charge is 0.335 e. The summed E-state index contributed by atoms with van der Waals surface area (Å²) in [6, 6.07) is 6.17. The average molecular weight is 248 g/mol. The molecule has 5 heteroatoms. The summed E-state index contributed by atoms with van der Waals surface area (Å²) in [4.78, 5) is 22.7. The molecule has 0 aromatic heterocycles. The first-order valence-electron chi connectivity index (χ1n) is 5.93. The van der Waals surface area contributed by atoms with Crippen molar-refractivity contribution in [2.75, 3.05) is 18.4 Å². The Bertz CT molecular complexity index is 456. The lowest BCUT2D eigenvalue weighted by Gasteiger charge is -2.14. The summed E-state index contributed by atoms with van der Waals surface area (Å²) in [5.41, 5.74) is 0.841. The number of hydrogen-bond donors (Lipinski definition) is 3. The van der Waals surface area contributed by atoms with Crippen LogP contribution in [0.3, 0.4) is 0 Å². The van der Waals surface area contributed by atoms with Gasteiger partial charge in [-0.1, -0.05) is 6.92 Å². The number of carboxylic acid groups (broad SMARTS) is 1. The van der Waals surface area contributed by atoms with E-state index in [0.29, 0.717) is 18.2 Å². The van der Waals surface area contributed by atoms with E-state index in [1.54, 1.807) is 12.1 Å². The molecule has 3 N–H and O–H groups in total. The number of nitrogens with one attached hydrogen (secondary N) is 2. The highest BCUT2D eigenvalue weighted by atomic mass is 16.4. The number of hydrogen-bond acceptors (Lipinski definition) is 3. The summed E-state index contributed by atoms with van der Waals surface area (Å²) in [6.07, 6.45) is 0. The Hall–Kier alpha value is -1.88. The summed E-state index contributed by atoms with van der Waals surface area (Å²) >= 11 is 0. The minimum Gasteiger partial charge on any atom is -0.478 e. The number of carboxylic acids is 1. The van der Waals surface area contributed by atoms with E-state index >= 15 is 0 Å². The van der Waals surface area contributed by atoms with Crippen LogP contribution in [0.2, 0.25) is 0 Å². The molecule has 0 saturated carbocycles. The Morgan fingerprint density at radius 2 is 1.94 bits per heavy atom. The number of rotatable bonds is 3. The normalized spacial score (nSPS) is 22.7. The second-order valence-corrected chi connectivity index (χ2v) is 4.61. The van der Waals surface area contributed by atoms with Crippen LogP contribution in [0.1, 0.15) is 17.3 Å². The minimum atomic E-state index is -0.971. The van der Waals surface area contributed by atoms with Crippen LogP contribution in [0.5, 0.6) is 0 Å². The fourth-order valence-electron chi connectivity index (χ4n) is 2.09. The lowest BCUT2D eigenvalue weighted by molar-refractivity contribution is -0.120. The van der Waals surface area contributed by atoms with Gasteiger partial charge in [0.05, 0.1) is 11.5 Å². The van der Waals surface area contributed by atoms with E-state index in [0.717, 1.165) is 6.54 Å². The van der Waals surface area contributed by atoms with E-state index in [9.17, 15) is 9.59 Å². The predicted octanol–water partition coefficient (Wildman–Crippen LogP) is 1.18. The van der Waals surface area contributed by atoms with E-state index in [1.165, 1.54) is 12.1 Å². The number of carbonyl (C=O) groups is 2. The SMILES string of the molecule is C[C@@H]1CNC[C@H]1C(=O)Nc1ccc(C(=O)O)cc1. The zero-order valence-electron chi connectivity index (χ0n) is 10.1. The van der Waals surface area contributed by atoms with Gasteiger partial charge in [0.2, 0.25) is 5.91 Å². The fraction of sp³-hybridized carbons (Fsp3) is 0.385. The molecule has 1 heterocycles. The quantitative estimate of drug-likeness (QED) is 0.750. The number of anilines is 1. The van der Waals surface area contributed by atoms with Crippen molar-refractivity contribution in [2.45, 2.75) is 6.92 Å². The Labute approximate surface area is 105 Å². The summed E-state index contributed by atoms with van der Waals surface area (Å²) in [5, 5.41) is 14.8. The van der Waals surface area contributed by atoms with E-state index < -0.39 is 5.97 Å². The molecule has 1 saturated heterocycles. The highest BCUT2D eigenvalue weighted by molar-refractivity contribution is 5.94. The lowest BCUT2D eigenvalue weighted by Crippen LogP contribution is -2.27. The second-order valence-electron chi connectivity index (χ2n) is 4.61. The largest absolute Gasteiger partial charge is 0.478 e. The van der Waals surface area contributed by atoms with Gasteiger partial charge in [-0.05, 0) is 36.7 Å². The van der Waals surface area contributed by atoms with Crippen LogP contribution in [-0.4, -0.2) is 30.1 Å². The van der Waals surface area contributed by atoms with E-state index in [2.05, 4.69) is 10.6 Å². The molecule has 0 bridgehead atoms. The van der Waals surface area contributed by atoms with Gasteiger partial charge >= 0.3 is 5.97 Å². The van der Waals surface area contributed by atoms with E-state index in [1.807, 2.05) is 6.92 Å². The highest BCUT2D eigenvalue weighted by Gasteiger charge is 2.29. The molecule has 18 heavy (non-hydrogen) atoms. The van der Waals surface area contributed by atoms with Crippen LogP contribution >= 0.6 is 0 Å². The van der Waals surface area contributed by atoms with Gasteiger partial charge in [0, 0.05) is 12.2 Å². The van der Waals surface area contributed by atoms with E-state index in [4.69, 9.17) is 5.11 Å². The number of carbonyl (C=O) groups excluding carboxylic acids is 1. The first kappa shape index (κ1) is 12.6. The Morgan fingerprint density at radius 3 is 2.44 bits per heavy atom. The predicted molar refractivity (Wildman–Crippen MR) is 67.6 cm³/mol. The van der Waals surface area contributed by atoms with Crippen LogP contribution in [0.15, 0.2) is 24.3 Å². The zero-order chi connectivity index (χ0) is 13.1. The lowest BCUT2D eigenvalue weighted by atomic mass is 9.97. The van der Waals surface area contributed by atoms with Crippen LogP contribution < -0.4 is 10.6 Å². The topological polar surface area (TPSA) is 78.4 Å². The number of amides is 1. The van der Waals surface area contributed by atoms with Crippen molar-refractivity contribution < 1.29 is 14.7 Å². The van der Waals surface area contributed by atoms with Crippen LogP contribution in [0.4, 0.5) is 5.69 Å². The molecule has 1 aromatic carbocycles. The minimum absolute atomic E-state index is 0.0180. The average Bonchev–Trinajstić information content (AvgIpc) is 2.76. The highest BCUT2D eigenvalue weighted by Crippen LogP contribution is 2.18. The molecular formula is C13H16N2O3. The Balaban J connectivity index is 2.00. The molecule has 0 spiro atoms. The standard InChI is InChI=1S/C13H16N2O3/c1-8-6-14-7-11(8)12(16)15-10-4-2-9(3-5-10)13(17)18/h2-5,8,11,14H,6-7H2,1H3,(H,15,16)(H,17,18)/t8-,11-/m1/s1. The first-order chi connectivity index (χ1) is 8.58. The summed E-state index contributed by atoms with van der Waals surface area (Å²) < 4.78 is 0. The van der Waals surface area contributed by atoms with Crippen molar-refractivity contribution in [1.29, 1.82) is 0 Å². The molecule has 0 radical (unpaired) electrons. The molecule has 2 atom stereocenters. The molecule has 1 amide bonds. The Kier molecular flexibility index (Phi) is 3.62. The van der Waals surface area contributed by atoms with E-state index in [-0.39, 0.29) is 17.4 Å². The molecule has 96 valence electrons. The molecule has 1 fully saturated rings. The molecule has 2 rings (SSSR count). The molecule has 1 aromatic rings. The van der Waals surface area contributed by atoms with Crippen molar-refractivity contribution in [2.24, 2.45) is 11.8 Å². The third kappa shape index (κ3) is 2.68. The van der Waals surface area contributed by atoms with Crippen molar-refractivity contribution in [3.8, 4) is 0 Å². The van der Waals surface area contributed by atoms with Gasteiger partial charge < -0.3 is 15.7 Å². The molecule has 1 aliphatic rings. The monoisotopic (exact) mass is 248 g/mol.